The van der Waals surface area contributed by atoms with Gasteiger partial charge in [0, 0.05) is 24.4 Å². The van der Waals surface area contributed by atoms with Crippen LogP contribution in [0.5, 0.6) is 11.5 Å². The summed E-state index contributed by atoms with van der Waals surface area (Å²) >= 11 is 0. The molecule has 0 spiro atoms. The van der Waals surface area contributed by atoms with E-state index >= 15 is 0 Å². The van der Waals surface area contributed by atoms with E-state index in [-0.39, 0.29) is 0 Å². The molecule has 21 heavy (non-hydrogen) atoms. The number of nitrogens with one attached hydrogen (secondary N) is 1. The number of ether oxygens (including phenoxy) is 2. The van der Waals surface area contributed by atoms with E-state index in [9.17, 15) is 0 Å². The Morgan fingerprint density at radius 3 is 2.48 bits per heavy atom. The van der Waals surface area contributed by atoms with Crippen molar-refractivity contribution in [1.29, 1.82) is 0 Å². The fraction of sp³-hybridized carbons (Fsp3) is 0.353. The van der Waals surface area contributed by atoms with Crippen molar-refractivity contribution >= 4 is 0 Å². The van der Waals surface area contributed by atoms with E-state index in [0.717, 1.165) is 30.0 Å². The Morgan fingerprint density at radius 2 is 1.86 bits per heavy atom. The second-order valence-electron chi connectivity index (χ2n) is 4.90. The fourth-order valence-corrected chi connectivity index (χ4v) is 2.34. The summed E-state index contributed by atoms with van der Waals surface area (Å²) in [6.07, 6.45) is 3.64. The first-order valence-corrected chi connectivity index (χ1v) is 7.05. The molecule has 0 aliphatic carbocycles. The van der Waals surface area contributed by atoms with Crippen LogP contribution < -0.4 is 14.8 Å². The average molecular weight is 286 g/mol. The van der Waals surface area contributed by atoms with Gasteiger partial charge in [0.2, 0.25) is 0 Å². The monoisotopic (exact) mass is 286 g/mol. The molecule has 0 fully saturated rings. The maximum atomic E-state index is 5.35. The lowest BCUT2D eigenvalue weighted by Gasteiger charge is -2.17. The zero-order valence-corrected chi connectivity index (χ0v) is 12.8. The molecule has 2 rings (SSSR count). The number of hydrogen-bond donors (Lipinski definition) is 1. The van der Waals surface area contributed by atoms with Gasteiger partial charge in [-0.1, -0.05) is 12.1 Å². The summed E-state index contributed by atoms with van der Waals surface area (Å²) in [5, 5.41) is 3.35. The van der Waals surface area contributed by atoms with Crippen LogP contribution in [0, 0.1) is 0 Å². The molecule has 1 N–H and O–H groups in total. The third-order valence-corrected chi connectivity index (χ3v) is 3.52. The van der Waals surface area contributed by atoms with E-state index in [4.69, 9.17) is 9.47 Å². The molecule has 4 nitrogen and oxygen atoms in total. The normalized spacial score (nSPS) is 12.0. The highest BCUT2D eigenvalue weighted by Gasteiger charge is 2.11. The molecule has 1 atom stereocenters. The summed E-state index contributed by atoms with van der Waals surface area (Å²) < 4.78 is 10.6. The van der Waals surface area contributed by atoms with Gasteiger partial charge < -0.3 is 14.8 Å². The first-order chi connectivity index (χ1) is 10.3. The fourth-order valence-electron chi connectivity index (χ4n) is 2.34. The molecule has 1 aromatic heterocycles. The summed E-state index contributed by atoms with van der Waals surface area (Å²) in [6.45, 7) is 0. The number of hydrogen-bond acceptors (Lipinski definition) is 4. The highest BCUT2D eigenvalue weighted by molar-refractivity contribution is 5.43. The summed E-state index contributed by atoms with van der Waals surface area (Å²) in [7, 11) is 5.29. The van der Waals surface area contributed by atoms with Crippen LogP contribution in [-0.4, -0.2) is 32.3 Å². The highest BCUT2D eigenvalue weighted by atomic mass is 16.5. The van der Waals surface area contributed by atoms with Crippen molar-refractivity contribution in [2.45, 2.75) is 18.9 Å². The Balaban J connectivity index is 2.08. The van der Waals surface area contributed by atoms with Crippen LogP contribution in [0.2, 0.25) is 0 Å². The molecule has 0 bridgehead atoms. The number of benzene rings is 1. The molecule has 0 amide bonds. The summed E-state index contributed by atoms with van der Waals surface area (Å²) in [4.78, 5) is 4.38. The Hall–Kier alpha value is -2.07. The van der Waals surface area contributed by atoms with E-state index in [1.54, 1.807) is 14.2 Å². The minimum absolute atomic E-state index is 0.331. The zero-order chi connectivity index (χ0) is 15.1. The summed E-state index contributed by atoms with van der Waals surface area (Å²) in [5.74, 6) is 1.52. The van der Waals surface area contributed by atoms with Gasteiger partial charge in [0.25, 0.3) is 0 Å². The van der Waals surface area contributed by atoms with Crippen molar-refractivity contribution < 1.29 is 9.47 Å². The minimum Gasteiger partial charge on any atom is -0.493 e. The standard InChI is InChI=1S/C17H22N2O2/c1-18-15(12-14-6-4-5-9-19-14)10-13-7-8-16(20-2)17(11-13)21-3/h4-9,11,15,18H,10,12H2,1-3H3. The van der Waals surface area contributed by atoms with E-state index in [1.807, 2.05) is 37.5 Å². The average Bonchev–Trinajstić information content (AvgIpc) is 2.55. The second kappa shape index (κ2) is 7.64. The van der Waals surface area contributed by atoms with E-state index in [2.05, 4.69) is 22.4 Å². The van der Waals surface area contributed by atoms with Crippen LogP contribution in [0.25, 0.3) is 0 Å². The SMILES string of the molecule is CNC(Cc1ccc(OC)c(OC)c1)Cc1ccccn1. The number of rotatable bonds is 7. The van der Waals surface area contributed by atoms with Crippen LogP contribution in [0.3, 0.4) is 0 Å². The van der Waals surface area contributed by atoms with Gasteiger partial charge in [-0.05, 0) is 43.3 Å². The molecular formula is C17H22N2O2. The van der Waals surface area contributed by atoms with Gasteiger partial charge in [0.15, 0.2) is 11.5 Å². The minimum atomic E-state index is 0.331. The maximum absolute atomic E-state index is 5.35. The number of pyridine rings is 1. The third kappa shape index (κ3) is 4.20. The first kappa shape index (κ1) is 15.3. The van der Waals surface area contributed by atoms with Gasteiger partial charge in [0.1, 0.15) is 0 Å². The van der Waals surface area contributed by atoms with E-state index in [1.165, 1.54) is 5.56 Å². The van der Waals surface area contributed by atoms with Crippen LogP contribution in [0.15, 0.2) is 42.6 Å². The largest absolute Gasteiger partial charge is 0.493 e. The first-order valence-electron chi connectivity index (χ1n) is 7.05. The van der Waals surface area contributed by atoms with Gasteiger partial charge >= 0.3 is 0 Å². The van der Waals surface area contributed by atoms with Crippen molar-refractivity contribution in [3.05, 3.63) is 53.9 Å². The summed E-state index contributed by atoms with van der Waals surface area (Å²) in [5.41, 5.74) is 2.31. The van der Waals surface area contributed by atoms with E-state index < -0.39 is 0 Å². The topological polar surface area (TPSA) is 43.4 Å². The van der Waals surface area contributed by atoms with Crippen molar-refractivity contribution in [3.63, 3.8) is 0 Å². The van der Waals surface area contributed by atoms with Crippen LogP contribution in [0.4, 0.5) is 0 Å². The second-order valence-corrected chi connectivity index (χ2v) is 4.90. The van der Waals surface area contributed by atoms with Crippen molar-refractivity contribution in [2.75, 3.05) is 21.3 Å². The predicted octanol–water partition coefficient (Wildman–Crippen LogP) is 2.47. The molecule has 1 aromatic carbocycles. The zero-order valence-electron chi connectivity index (χ0n) is 12.8. The van der Waals surface area contributed by atoms with Crippen molar-refractivity contribution in [1.82, 2.24) is 10.3 Å². The molecule has 0 radical (unpaired) electrons. The van der Waals surface area contributed by atoms with Crippen LogP contribution in [0.1, 0.15) is 11.3 Å². The lowest BCUT2D eigenvalue weighted by atomic mass is 10.0. The molecule has 0 aliphatic heterocycles. The predicted molar refractivity (Wildman–Crippen MR) is 84.0 cm³/mol. The number of methoxy groups -OCH3 is 2. The molecule has 1 unspecified atom stereocenters. The van der Waals surface area contributed by atoms with Gasteiger partial charge in [-0.25, -0.2) is 0 Å². The summed E-state index contributed by atoms with van der Waals surface area (Å²) in [6, 6.07) is 12.4. The molecule has 4 heteroatoms. The Morgan fingerprint density at radius 1 is 1.05 bits per heavy atom. The maximum Gasteiger partial charge on any atom is 0.160 e. The third-order valence-electron chi connectivity index (χ3n) is 3.52. The van der Waals surface area contributed by atoms with Gasteiger partial charge in [-0.3, -0.25) is 4.98 Å². The molecule has 112 valence electrons. The number of nitrogens with zero attached hydrogens (tertiary/aromatic N) is 1. The number of likely N-dealkylation sites (N-methyl/N-ethyl adjacent to an activating group) is 1. The molecular weight excluding hydrogens is 264 g/mol. The lowest BCUT2D eigenvalue weighted by molar-refractivity contribution is 0.354. The van der Waals surface area contributed by atoms with Gasteiger partial charge in [0.05, 0.1) is 14.2 Å². The highest BCUT2D eigenvalue weighted by Crippen LogP contribution is 2.28. The van der Waals surface area contributed by atoms with Crippen LogP contribution >= 0.6 is 0 Å². The Bertz CT molecular complexity index is 558. The van der Waals surface area contributed by atoms with Gasteiger partial charge in [-0.2, -0.15) is 0 Å². The Labute approximate surface area is 126 Å². The van der Waals surface area contributed by atoms with Crippen LogP contribution in [-0.2, 0) is 12.8 Å². The number of aromatic nitrogens is 1. The lowest BCUT2D eigenvalue weighted by Crippen LogP contribution is -2.30. The molecule has 0 aliphatic rings. The van der Waals surface area contributed by atoms with Gasteiger partial charge in [-0.15, -0.1) is 0 Å². The quantitative estimate of drug-likeness (QED) is 0.849. The molecule has 1 heterocycles. The smallest absolute Gasteiger partial charge is 0.160 e. The van der Waals surface area contributed by atoms with E-state index in [0.29, 0.717) is 6.04 Å². The molecule has 0 saturated carbocycles. The Kier molecular flexibility index (Phi) is 5.58. The molecule has 0 saturated heterocycles. The van der Waals surface area contributed by atoms with Crippen molar-refractivity contribution in [3.8, 4) is 11.5 Å². The molecule has 2 aromatic rings. The van der Waals surface area contributed by atoms with Crippen molar-refractivity contribution in [2.24, 2.45) is 0 Å².